The van der Waals surface area contributed by atoms with Crippen molar-refractivity contribution < 1.29 is 5.11 Å². The first-order chi connectivity index (χ1) is 7.74. The Morgan fingerprint density at radius 1 is 1.62 bits per heavy atom. The van der Waals surface area contributed by atoms with Crippen LogP contribution in [0.15, 0.2) is 12.1 Å². The fraction of sp³-hybridized carbons (Fsp3) is 0.500. The highest BCUT2D eigenvalue weighted by Crippen LogP contribution is 2.24. The van der Waals surface area contributed by atoms with Crippen LogP contribution in [0, 0.1) is 24.2 Å². The van der Waals surface area contributed by atoms with E-state index in [1.54, 1.807) is 0 Å². The van der Waals surface area contributed by atoms with E-state index in [0.717, 1.165) is 31.0 Å². The molecule has 1 N–H and O–H groups in total. The number of aliphatic hydroxyl groups excluding tert-OH is 1. The van der Waals surface area contributed by atoms with Crippen LogP contribution in [0.5, 0.6) is 0 Å². The molecule has 0 aliphatic carbocycles. The fourth-order valence-corrected chi connectivity index (χ4v) is 2.05. The smallest absolute Gasteiger partial charge is 0.146 e. The van der Waals surface area contributed by atoms with Gasteiger partial charge in [0.05, 0.1) is 5.56 Å². The first-order valence-electron chi connectivity index (χ1n) is 5.48. The lowest BCUT2D eigenvalue weighted by Gasteiger charge is -2.18. The normalized spacial score (nSPS) is 19.8. The first kappa shape index (κ1) is 10.9. The van der Waals surface area contributed by atoms with E-state index in [-0.39, 0.29) is 6.61 Å². The molecule has 1 aliphatic rings. The summed E-state index contributed by atoms with van der Waals surface area (Å²) in [4.78, 5) is 6.51. The molecule has 1 aliphatic heterocycles. The van der Waals surface area contributed by atoms with Gasteiger partial charge in [0.2, 0.25) is 0 Å². The molecule has 0 saturated carbocycles. The van der Waals surface area contributed by atoms with E-state index >= 15 is 0 Å². The molecular weight excluding hydrogens is 202 g/mol. The van der Waals surface area contributed by atoms with Gasteiger partial charge in [0.1, 0.15) is 11.9 Å². The number of nitriles is 1. The second-order valence-electron chi connectivity index (χ2n) is 4.22. The average Bonchev–Trinajstić information content (AvgIpc) is 2.77. The Morgan fingerprint density at radius 3 is 3.06 bits per heavy atom. The number of anilines is 1. The van der Waals surface area contributed by atoms with Crippen LogP contribution in [0.3, 0.4) is 0 Å². The first-order valence-corrected chi connectivity index (χ1v) is 5.48. The Hall–Kier alpha value is -1.60. The minimum absolute atomic E-state index is 0.213. The van der Waals surface area contributed by atoms with Crippen LogP contribution in [0.2, 0.25) is 0 Å². The Morgan fingerprint density at radius 2 is 2.44 bits per heavy atom. The third-order valence-electron chi connectivity index (χ3n) is 2.98. The molecule has 2 heterocycles. The van der Waals surface area contributed by atoms with E-state index in [2.05, 4.69) is 16.0 Å². The molecule has 2 rings (SSSR count). The van der Waals surface area contributed by atoms with Crippen molar-refractivity contribution in [2.75, 3.05) is 24.6 Å². The van der Waals surface area contributed by atoms with E-state index in [0.29, 0.717) is 11.5 Å². The molecule has 0 bridgehead atoms. The van der Waals surface area contributed by atoms with Crippen molar-refractivity contribution in [3.63, 3.8) is 0 Å². The predicted octanol–water partition coefficient (Wildman–Crippen LogP) is 1.08. The lowest BCUT2D eigenvalue weighted by atomic mass is 10.1. The van der Waals surface area contributed by atoms with Crippen molar-refractivity contribution >= 4 is 5.82 Å². The molecule has 1 unspecified atom stereocenters. The number of rotatable bonds is 2. The maximum Gasteiger partial charge on any atom is 0.146 e. The van der Waals surface area contributed by atoms with E-state index in [9.17, 15) is 0 Å². The van der Waals surface area contributed by atoms with Gasteiger partial charge in [-0.05, 0) is 25.5 Å². The summed E-state index contributed by atoms with van der Waals surface area (Å²) >= 11 is 0. The molecular formula is C12H15N3O. The Kier molecular flexibility index (Phi) is 3.07. The summed E-state index contributed by atoms with van der Waals surface area (Å²) in [5, 5.41) is 18.1. The number of aryl methyl sites for hydroxylation is 1. The molecule has 1 saturated heterocycles. The van der Waals surface area contributed by atoms with Crippen molar-refractivity contribution in [2.45, 2.75) is 13.3 Å². The van der Waals surface area contributed by atoms with Gasteiger partial charge in [0, 0.05) is 31.3 Å². The summed E-state index contributed by atoms with van der Waals surface area (Å²) in [6.07, 6.45) is 0.969. The van der Waals surface area contributed by atoms with Crippen molar-refractivity contribution in [3.8, 4) is 6.07 Å². The third kappa shape index (κ3) is 2.00. The molecule has 4 nitrogen and oxygen atoms in total. The summed E-state index contributed by atoms with van der Waals surface area (Å²) in [7, 11) is 0. The SMILES string of the molecule is Cc1ccc(C#N)c(N2CCC(CO)C2)n1. The molecule has 4 heteroatoms. The lowest BCUT2D eigenvalue weighted by molar-refractivity contribution is 0.238. The molecule has 0 radical (unpaired) electrons. The van der Waals surface area contributed by atoms with Gasteiger partial charge in [0.25, 0.3) is 0 Å². The summed E-state index contributed by atoms with van der Waals surface area (Å²) in [5.74, 6) is 1.08. The van der Waals surface area contributed by atoms with Crippen LogP contribution in [-0.4, -0.2) is 29.8 Å². The van der Waals surface area contributed by atoms with Crippen molar-refractivity contribution in [1.82, 2.24) is 4.98 Å². The van der Waals surface area contributed by atoms with Crippen LogP contribution < -0.4 is 4.90 Å². The highest BCUT2D eigenvalue weighted by molar-refractivity contribution is 5.54. The molecule has 1 aromatic rings. The maximum atomic E-state index is 9.10. The highest BCUT2D eigenvalue weighted by Gasteiger charge is 2.24. The molecule has 16 heavy (non-hydrogen) atoms. The van der Waals surface area contributed by atoms with Crippen LogP contribution in [-0.2, 0) is 0 Å². The quantitative estimate of drug-likeness (QED) is 0.805. The second kappa shape index (κ2) is 4.50. The van der Waals surface area contributed by atoms with Crippen LogP contribution >= 0.6 is 0 Å². The Labute approximate surface area is 95.1 Å². The number of hydrogen-bond acceptors (Lipinski definition) is 4. The predicted molar refractivity (Wildman–Crippen MR) is 61.1 cm³/mol. The van der Waals surface area contributed by atoms with Gasteiger partial charge in [-0.2, -0.15) is 5.26 Å². The lowest BCUT2D eigenvalue weighted by Crippen LogP contribution is -2.23. The van der Waals surface area contributed by atoms with E-state index < -0.39 is 0 Å². The minimum atomic E-state index is 0.213. The van der Waals surface area contributed by atoms with Crippen LogP contribution in [0.1, 0.15) is 17.7 Å². The zero-order chi connectivity index (χ0) is 11.5. The van der Waals surface area contributed by atoms with Crippen LogP contribution in [0.4, 0.5) is 5.82 Å². The Balaban J connectivity index is 2.27. The number of nitrogens with zero attached hydrogens (tertiary/aromatic N) is 3. The van der Waals surface area contributed by atoms with E-state index in [1.807, 2.05) is 19.1 Å². The number of aromatic nitrogens is 1. The standard InChI is InChI=1S/C12H15N3O/c1-9-2-3-11(6-13)12(14-9)15-5-4-10(7-15)8-16/h2-3,10,16H,4-5,7-8H2,1H3. The fourth-order valence-electron chi connectivity index (χ4n) is 2.05. The highest BCUT2D eigenvalue weighted by atomic mass is 16.3. The van der Waals surface area contributed by atoms with Gasteiger partial charge in [0.15, 0.2) is 0 Å². The number of hydrogen-bond donors (Lipinski definition) is 1. The zero-order valence-electron chi connectivity index (χ0n) is 9.35. The van der Waals surface area contributed by atoms with Crippen molar-refractivity contribution in [1.29, 1.82) is 5.26 Å². The molecule has 1 fully saturated rings. The number of pyridine rings is 1. The summed E-state index contributed by atoms with van der Waals surface area (Å²) in [6.45, 7) is 3.80. The monoisotopic (exact) mass is 217 g/mol. The molecule has 84 valence electrons. The average molecular weight is 217 g/mol. The van der Waals surface area contributed by atoms with Crippen LogP contribution in [0.25, 0.3) is 0 Å². The van der Waals surface area contributed by atoms with E-state index in [4.69, 9.17) is 10.4 Å². The van der Waals surface area contributed by atoms with Crippen molar-refractivity contribution in [3.05, 3.63) is 23.4 Å². The van der Waals surface area contributed by atoms with Gasteiger partial charge in [-0.15, -0.1) is 0 Å². The second-order valence-corrected chi connectivity index (χ2v) is 4.22. The zero-order valence-corrected chi connectivity index (χ0v) is 9.35. The minimum Gasteiger partial charge on any atom is -0.396 e. The van der Waals surface area contributed by atoms with Gasteiger partial charge >= 0.3 is 0 Å². The number of aliphatic hydroxyl groups is 1. The summed E-state index contributed by atoms with van der Waals surface area (Å²) in [6, 6.07) is 5.82. The topological polar surface area (TPSA) is 60.2 Å². The largest absolute Gasteiger partial charge is 0.396 e. The molecule has 1 atom stereocenters. The van der Waals surface area contributed by atoms with Gasteiger partial charge < -0.3 is 10.0 Å². The Bertz CT molecular complexity index is 425. The van der Waals surface area contributed by atoms with Crippen molar-refractivity contribution in [2.24, 2.45) is 5.92 Å². The van der Waals surface area contributed by atoms with Gasteiger partial charge in [-0.1, -0.05) is 0 Å². The molecule has 1 aromatic heterocycles. The molecule has 0 amide bonds. The summed E-state index contributed by atoms with van der Waals surface area (Å²) in [5.41, 5.74) is 1.53. The molecule has 0 spiro atoms. The maximum absolute atomic E-state index is 9.10. The van der Waals surface area contributed by atoms with Gasteiger partial charge in [-0.25, -0.2) is 4.98 Å². The third-order valence-corrected chi connectivity index (χ3v) is 2.98. The summed E-state index contributed by atoms with van der Waals surface area (Å²) < 4.78 is 0. The molecule has 0 aromatic carbocycles. The van der Waals surface area contributed by atoms with Gasteiger partial charge in [-0.3, -0.25) is 0 Å². The van der Waals surface area contributed by atoms with E-state index in [1.165, 1.54) is 0 Å².